The number of carbonyl (C=O) groups is 1. The maximum atomic E-state index is 12.0. The molecule has 2 aromatic carbocycles. The van der Waals surface area contributed by atoms with Gasteiger partial charge in [0.2, 0.25) is 0 Å². The van der Waals surface area contributed by atoms with Crippen LogP contribution in [-0.4, -0.2) is 31.3 Å². The molecule has 5 nitrogen and oxygen atoms in total. The van der Waals surface area contributed by atoms with Crippen molar-refractivity contribution in [2.75, 3.05) is 25.0 Å². The minimum Gasteiger partial charge on any atom is -0.387 e. The van der Waals surface area contributed by atoms with Crippen molar-refractivity contribution < 1.29 is 9.90 Å². The quantitative estimate of drug-likeness (QED) is 0.753. The lowest BCUT2D eigenvalue weighted by molar-refractivity contribution is 0.173. The van der Waals surface area contributed by atoms with Crippen LogP contribution in [0, 0.1) is 0 Å². The minimum absolute atomic E-state index is 0.141. The number of aliphatic hydroxyl groups excluding tert-OH is 1. The summed E-state index contributed by atoms with van der Waals surface area (Å²) >= 11 is 5.83. The molecule has 0 saturated heterocycles. The highest BCUT2D eigenvalue weighted by molar-refractivity contribution is 6.30. The smallest absolute Gasteiger partial charge is 0.315 e. The second-order valence-electron chi connectivity index (χ2n) is 6.62. The molecule has 3 rings (SSSR count). The summed E-state index contributed by atoms with van der Waals surface area (Å²) in [7, 11) is 2.11. The van der Waals surface area contributed by atoms with E-state index in [1.807, 2.05) is 6.07 Å². The molecule has 26 heavy (non-hydrogen) atoms. The van der Waals surface area contributed by atoms with Crippen molar-refractivity contribution in [2.24, 2.45) is 0 Å². The largest absolute Gasteiger partial charge is 0.387 e. The number of nitrogens with one attached hydrogen (secondary N) is 2. The van der Waals surface area contributed by atoms with Crippen molar-refractivity contribution >= 4 is 23.3 Å². The SMILES string of the molecule is CN1CCCc2cc(CNC(=O)NCC(O)c3ccc(Cl)cc3)ccc21. The number of fused-ring (bicyclic) bond motifs is 1. The molecule has 1 atom stereocenters. The monoisotopic (exact) mass is 373 g/mol. The number of halogens is 1. The average molecular weight is 374 g/mol. The topological polar surface area (TPSA) is 64.6 Å². The van der Waals surface area contributed by atoms with Crippen LogP contribution in [0.5, 0.6) is 0 Å². The first-order chi connectivity index (χ1) is 12.5. The molecule has 2 amide bonds. The van der Waals surface area contributed by atoms with Crippen LogP contribution >= 0.6 is 11.6 Å². The Labute approximate surface area is 159 Å². The number of benzene rings is 2. The predicted molar refractivity (Wildman–Crippen MR) is 105 cm³/mol. The molecular formula is C20H24ClN3O2. The number of rotatable bonds is 5. The van der Waals surface area contributed by atoms with E-state index in [1.165, 1.54) is 11.3 Å². The van der Waals surface area contributed by atoms with Crippen LogP contribution in [0.15, 0.2) is 42.5 Å². The lowest BCUT2D eigenvalue weighted by atomic mass is 9.99. The molecule has 1 aliphatic heterocycles. The van der Waals surface area contributed by atoms with Gasteiger partial charge in [0.05, 0.1) is 6.10 Å². The van der Waals surface area contributed by atoms with Gasteiger partial charge in [0, 0.05) is 37.4 Å². The number of hydrogen-bond acceptors (Lipinski definition) is 3. The van der Waals surface area contributed by atoms with E-state index >= 15 is 0 Å². The number of aliphatic hydroxyl groups is 1. The molecule has 0 fully saturated rings. The predicted octanol–water partition coefficient (Wildman–Crippen LogP) is 3.26. The van der Waals surface area contributed by atoms with Gasteiger partial charge in [-0.1, -0.05) is 35.9 Å². The second-order valence-corrected chi connectivity index (χ2v) is 7.06. The third kappa shape index (κ3) is 4.68. The van der Waals surface area contributed by atoms with Crippen LogP contribution in [0.25, 0.3) is 0 Å². The second kappa shape index (κ2) is 8.43. The molecule has 0 aliphatic carbocycles. The Morgan fingerprint density at radius 3 is 2.77 bits per heavy atom. The van der Waals surface area contributed by atoms with Gasteiger partial charge in [0.25, 0.3) is 0 Å². The first-order valence-corrected chi connectivity index (χ1v) is 9.19. The molecule has 0 aromatic heterocycles. The molecule has 0 saturated carbocycles. The molecule has 0 spiro atoms. The third-order valence-corrected chi connectivity index (χ3v) is 4.91. The summed E-state index contributed by atoms with van der Waals surface area (Å²) in [6, 6.07) is 13.0. The molecule has 0 radical (unpaired) electrons. The van der Waals surface area contributed by atoms with Crippen molar-refractivity contribution in [1.29, 1.82) is 0 Å². The maximum absolute atomic E-state index is 12.0. The van der Waals surface area contributed by atoms with Gasteiger partial charge in [-0.3, -0.25) is 0 Å². The Morgan fingerprint density at radius 1 is 1.23 bits per heavy atom. The van der Waals surface area contributed by atoms with Crippen LogP contribution in [0.3, 0.4) is 0 Å². The Hall–Kier alpha value is -2.24. The molecular weight excluding hydrogens is 350 g/mol. The highest BCUT2D eigenvalue weighted by Gasteiger charge is 2.14. The Bertz CT molecular complexity index is 764. The zero-order chi connectivity index (χ0) is 18.5. The summed E-state index contributed by atoms with van der Waals surface area (Å²) in [5, 5.41) is 16.3. The van der Waals surface area contributed by atoms with E-state index < -0.39 is 6.10 Å². The summed E-state index contributed by atoms with van der Waals surface area (Å²) in [5.41, 5.74) is 4.40. The van der Waals surface area contributed by atoms with E-state index in [0.717, 1.165) is 24.9 Å². The Kier molecular flexibility index (Phi) is 6.01. The van der Waals surface area contributed by atoms with Gasteiger partial charge in [0.15, 0.2) is 0 Å². The van der Waals surface area contributed by atoms with Crippen molar-refractivity contribution in [3.8, 4) is 0 Å². The maximum Gasteiger partial charge on any atom is 0.315 e. The van der Waals surface area contributed by atoms with E-state index in [-0.39, 0.29) is 12.6 Å². The number of aryl methyl sites for hydroxylation is 1. The van der Waals surface area contributed by atoms with E-state index in [2.05, 4.69) is 34.7 Å². The summed E-state index contributed by atoms with van der Waals surface area (Å²) in [4.78, 5) is 14.2. The number of amides is 2. The fourth-order valence-electron chi connectivity index (χ4n) is 3.19. The number of nitrogens with zero attached hydrogens (tertiary/aromatic N) is 1. The van der Waals surface area contributed by atoms with Crippen LogP contribution in [0.2, 0.25) is 5.02 Å². The van der Waals surface area contributed by atoms with Crippen molar-refractivity contribution in [3.63, 3.8) is 0 Å². The van der Waals surface area contributed by atoms with Gasteiger partial charge in [-0.15, -0.1) is 0 Å². The van der Waals surface area contributed by atoms with Gasteiger partial charge in [-0.2, -0.15) is 0 Å². The summed E-state index contributed by atoms with van der Waals surface area (Å²) in [6.45, 7) is 1.69. The zero-order valence-electron chi connectivity index (χ0n) is 14.8. The summed E-state index contributed by atoms with van der Waals surface area (Å²) < 4.78 is 0. The number of urea groups is 1. The average Bonchev–Trinajstić information content (AvgIpc) is 2.65. The van der Waals surface area contributed by atoms with Gasteiger partial charge >= 0.3 is 6.03 Å². The van der Waals surface area contributed by atoms with E-state index in [9.17, 15) is 9.90 Å². The molecule has 0 bridgehead atoms. The minimum atomic E-state index is -0.766. The molecule has 6 heteroatoms. The first-order valence-electron chi connectivity index (χ1n) is 8.81. The molecule has 138 valence electrons. The summed E-state index contributed by atoms with van der Waals surface area (Å²) in [6.07, 6.45) is 1.47. The zero-order valence-corrected chi connectivity index (χ0v) is 15.6. The van der Waals surface area contributed by atoms with Gasteiger partial charge in [0.1, 0.15) is 0 Å². The van der Waals surface area contributed by atoms with Gasteiger partial charge < -0.3 is 20.6 Å². The molecule has 3 N–H and O–H groups in total. The number of anilines is 1. The molecule has 1 aliphatic rings. The van der Waals surface area contributed by atoms with Crippen LogP contribution in [-0.2, 0) is 13.0 Å². The van der Waals surface area contributed by atoms with Crippen molar-refractivity contribution in [1.82, 2.24) is 10.6 Å². The van der Waals surface area contributed by atoms with E-state index in [4.69, 9.17) is 11.6 Å². The lowest BCUT2D eigenvalue weighted by Crippen LogP contribution is -2.37. The third-order valence-electron chi connectivity index (χ3n) is 4.66. The van der Waals surface area contributed by atoms with Gasteiger partial charge in [-0.25, -0.2) is 4.79 Å². The first kappa shape index (κ1) is 18.5. The van der Waals surface area contributed by atoms with Crippen molar-refractivity contribution in [3.05, 3.63) is 64.2 Å². The normalized spacial score (nSPS) is 14.5. The van der Waals surface area contributed by atoms with Crippen LogP contribution < -0.4 is 15.5 Å². The molecule has 2 aromatic rings. The summed E-state index contributed by atoms with van der Waals surface area (Å²) in [5.74, 6) is 0. The fourth-order valence-corrected chi connectivity index (χ4v) is 3.31. The standard InChI is InChI=1S/C20H24ClN3O2/c1-24-10-2-3-16-11-14(4-9-18(16)24)12-22-20(26)23-13-19(25)15-5-7-17(21)8-6-15/h4-9,11,19,25H,2-3,10,12-13H2,1H3,(H2,22,23,26). The molecule has 1 heterocycles. The van der Waals surface area contributed by atoms with Crippen LogP contribution in [0.4, 0.5) is 10.5 Å². The van der Waals surface area contributed by atoms with Gasteiger partial charge in [-0.05, 0) is 47.7 Å². The fraction of sp³-hybridized carbons (Fsp3) is 0.350. The van der Waals surface area contributed by atoms with E-state index in [0.29, 0.717) is 17.1 Å². The lowest BCUT2D eigenvalue weighted by Gasteiger charge is -2.27. The number of hydrogen-bond donors (Lipinski definition) is 3. The van der Waals surface area contributed by atoms with Crippen molar-refractivity contribution in [2.45, 2.75) is 25.5 Å². The highest BCUT2D eigenvalue weighted by Crippen LogP contribution is 2.26. The van der Waals surface area contributed by atoms with E-state index in [1.54, 1.807) is 24.3 Å². The highest BCUT2D eigenvalue weighted by atomic mass is 35.5. The Balaban J connectivity index is 1.47. The number of carbonyl (C=O) groups excluding carboxylic acids is 1. The van der Waals surface area contributed by atoms with Crippen LogP contribution in [0.1, 0.15) is 29.2 Å². The molecule has 1 unspecified atom stereocenters. The Morgan fingerprint density at radius 2 is 2.00 bits per heavy atom.